The Balaban J connectivity index is 2.29. The summed E-state index contributed by atoms with van der Waals surface area (Å²) in [5.74, 6) is 1.15. The monoisotopic (exact) mass is 312 g/mol. The second-order valence-corrected chi connectivity index (χ2v) is 5.59. The number of benzene rings is 1. The van der Waals surface area contributed by atoms with E-state index >= 15 is 0 Å². The third-order valence-corrected chi connectivity index (χ3v) is 3.89. The zero-order valence-corrected chi connectivity index (χ0v) is 14.5. The van der Waals surface area contributed by atoms with Crippen LogP contribution >= 0.6 is 0 Å². The third-order valence-electron chi connectivity index (χ3n) is 3.89. The van der Waals surface area contributed by atoms with Crippen LogP contribution in [0, 0.1) is 20.8 Å². The molecule has 0 radical (unpaired) electrons. The van der Waals surface area contributed by atoms with Crippen LogP contribution in [0.5, 0.6) is 0 Å². The minimum absolute atomic E-state index is 0.0661. The van der Waals surface area contributed by atoms with Gasteiger partial charge in [0.25, 0.3) is 5.91 Å². The van der Waals surface area contributed by atoms with E-state index in [0.29, 0.717) is 30.4 Å². The lowest BCUT2D eigenvalue weighted by Gasteiger charge is -2.18. The van der Waals surface area contributed by atoms with Crippen molar-refractivity contribution in [1.82, 2.24) is 14.9 Å². The summed E-state index contributed by atoms with van der Waals surface area (Å²) in [5, 5.41) is 3.26. The number of anilines is 2. The summed E-state index contributed by atoms with van der Waals surface area (Å²) < 4.78 is 0. The van der Waals surface area contributed by atoms with Gasteiger partial charge in [0.05, 0.1) is 0 Å². The fourth-order valence-corrected chi connectivity index (χ4v) is 2.38. The van der Waals surface area contributed by atoms with Gasteiger partial charge in [0.1, 0.15) is 17.3 Å². The van der Waals surface area contributed by atoms with E-state index < -0.39 is 0 Å². The lowest BCUT2D eigenvalue weighted by molar-refractivity contribution is 0.0766. The molecule has 1 aromatic carbocycles. The van der Waals surface area contributed by atoms with Crippen molar-refractivity contribution in [2.45, 2.75) is 34.6 Å². The van der Waals surface area contributed by atoms with E-state index in [0.717, 1.165) is 5.69 Å². The van der Waals surface area contributed by atoms with Crippen LogP contribution in [0.4, 0.5) is 11.5 Å². The molecule has 0 aliphatic heterocycles. The van der Waals surface area contributed by atoms with Crippen LogP contribution in [-0.2, 0) is 0 Å². The fraction of sp³-hybridized carbons (Fsp3) is 0.389. The number of carbonyl (C=O) groups excluding carboxylic acids is 1. The summed E-state index contributed by atoms with van der Waals surface area (Å²) >= 11 is 0. The van der Waals surface area contributed by atoms with Crippen molar-refractivity contribution in [2.75, 3.05) is 18.4 Å². The Morgan fingerprint density at radius 3 is 2.35 bits per heavy atom. The van der Waals surface area contributed by atoms with Gasteiger partial charge in [0.2, 0.25) is 0 Å². The molecule has 1 amide bonds. The van der Waals surface area contributed by atoms with Gasteiger partial charge in [-0.3, -0.25) is 4.79 Å². The minimum atomic E-state index is -0.0661. The molecule has 2 rings (SSSR count). The molecule has 1 heterocycles. The summed E-state index contributed by atoms with van der Waals surface area (Å²) in [7, 11) is 0. The van der Waals surface area contributed by atoms with Crippen LogP contribution in [0.1, 0.15) is 41.3 Å². The molecule has 0 saturated carbocycles. The summed E-state index contributed by atoms with van der Waals surface area (Å²) in [4.78, 5) is 22.9. The van der Waals surface area contributed by atoms with Crippen LogP contribution in [-0.4, -0.2) is 33.9 Å². The standard InChI is InChI=1S/C18H24N4O/c1-6-22(7-2)18(23)16-11-17(20-14(5)19-16)21-15-9-8-12(3)13(4)10-15/h8-11H,6-7H2,1-5H3,(H,19,20,21). The van der Waals surface area contributed by atoms with E-state index in [1.807, 2.05) is 19.9 Å². The average Bonchev–Trinajstić information content (AvgIpc) is 2.51. The first-order chi connectivity index (χ1) is 10.9. The number of hydrogen-bond donors (Lipinski definition) is 1. The van der Waals surface area contributed by atoms with Crippen molar-refractivity contribution >= 4 is 17.4 Å². The van der Waals surface area contributed by atoms with Gasteiger partial charge in [-0.05, 0) is 57.9 Å². The molecule has 0 unspecified atom stereocenters. The largest absolute Gasteiger partial charge is 0.340 e. The predicted octanol–water partition coefficient (Wildman–Crippen LogP) is 3.63. The Bertz CT molecular complexity index is 708. The summed E-state index contributed by atoms with van der Waals surface area (Å²) in [6, 6.07) is 7.85. The highest BCUT2D eigenvalue weighted by Crippen LogP contribution is 2.19. The van der Waals surface area contributed by atoms with Crippen molar-refractivity contribution in [2.24, 2.45) is 0 Å². The number of aromatic nitrogens is 2. The van der Waals surface area contributed by atoms with Crippen molar-refractivity contribution < 1.29 is 4.79 Å². The molecule has 0 aliphatic rings. The van der Waals surface area contributed by atoms with Crippen LogP contribution in [0.2, 0.25) is 0 Å². The molecule has 1 aromatic heterocycles. The van der Waals surface area contributed by atoms with Crippen molar-refractivity contribution in [1.29, 1.82) is 0 Å². The maximum atomic E-state index is 12.5. The van der Waals surface area contributed by atoms with Gasteiger partial charge in [-0.15, -0.1) is 0 Å². The zero-order valence-electron chi connectivity index (χ0n) is 14.5. The second kappa shape index (κ2) is 7.22. The normalized spacial score (nSPS) is 10.5. The molecule has 122 valence electrons. The summed E-state index contributed by atoms with van der Waals surface area (Å²) in [6.45, 7) is 11.2. The van der Waals surface area contributed by atoms with Gasteiger partial charge in [0.15, 0.2) is 0 Å². The minimum Gasteiger partial charge on any atom is -0.340 e. The summed E-state index contributed by atoms with van der Waals surface area (Å²) in [5.41, 5.74) is 3.83. The van der Waals surface area contributed by atoms with Crippen molar-refractivity contribution in [3.8, 4) is 0 Å². The molecular weight excluding hydrogens is 288 g/mol. The smallest absolute Gasteiger partial charge is 0.272 e. The van der Waals surface area contributed by atoms with E-state index in [-0.39, 0.29) is 5.91 Å². The molecule has 0 fully saturated rings. The lowest BCUT2D eigenvalue weighted by atomic mass is 10.1. The Hall–Kier alpha value is -2.43. The number of nitrogens with zero attached hydrogens (tertiary/aromatic N) is 3. The highest BCUT2D eigenvalue weighted by Gasteiger charge is 2.16. The molecular formula is C18H24N4O. The molecule has 5 nitrogen and oxygen atoms in total. The second-order valence-electron chi connectivity index (χ2n) is 5.59. The topological polar surface area (TPSA) is 58.1 Å². The van der Waals surface area contributed by atoms with Crippen molar-refractivity contribution in [3.63, 3.8) is 0 Å². The van der Waals surface area contributed by atoms with Gasteiger partial charge < -0.3 is 10.2 Å². The van der Waals surface area contributed by atoms with Gasteiger partial charge in [-0.1, -0.05) is 6.07 Å². The van der Waals surface area contributed by atoms with Crippen LogP contribution in [0.15, 0.2) is 24.3 Å². The number of hydrogen-bond acceptors (Lipinski definition) is 4. The van der Waals surface area contributed by atoms with E-state index in [9.17, 15) is 4.79 Å². The average molecular weight is 312 g/mol. The molecule has 0 spiro atoms. The number of carbonyl (C=O) groups is 1. The first-order valence-corrected chi connectivity index (χ1v) is 7.93. The summed E-state index contributed by atoms with van der Waals surface area (Å²) in [6.07, 6.45) is 0. The van der Waals surface area contributed by atoms with E-state index in [2.05, 4.69) is 41.3 Å². The fourth-order valence-electron chi connectivity index (χ4n) is 2.38. The highest BCUT2D eigenvalue weighted by molar-refractivity contribution is 5.93. The van der Waals surface area contributed by atoms with E-state index in [4.69, 9.17) is 0 Å². The van der Waals surface area contributed by atoms with Crippen LogP contribution < -0.4 is 5.32 Å². The number of aryl methyl sites for hydroxylation is 3. The number of rotatable bonds is 5. The Kier molecular flexibility index (Phi) is 5.32. The molecule has 2 aromatic rings. The van der Waals surface area contributed by atoms with E-state index in [1.54, 1.807) is 17.9 Å². The molecule has 0 atom stereocenters. The van der Waals surface area contributed by atoms with Gasteiger partial charge in [-0.2, -0.15) is 0 Å². The Labute approximate surface area is 137 Å². The Morgan fingerprint density at radius 2 is 1.74 bits per heavy atom. The first-order valence-electron chi connectivity index (χ1n) is 7.93. The highest BCUT2D eigenvalue weighted by atomic mass is 16.2. The van der Waals surface area contributed by atoms with Crippen LogP contribution in [0.3, 0.4) is 0 Å². The molecule has 5 heteroatoms. The molecule has 0 saturated heterocycles. The predicted molar refractivity (Wildman–Crippen MR) is 93.2 cm³/mol. The maximum absolute atomic E-state index is 12.5. The maximum Gasteiger partial charge on any atom is 0.272 e. The van der Waals surface area contributed by atoms with Crippen LogP contribution in [0.25, 0.3) is 0 Å². The van der Waals surface area contributed by atoms with Crippen molar-refractivity contribution in [3.05, 3.63) is 46.9 Å². The van der Waals surface area contributed by atoms with E-state index in [1.165, 1.54) is 11.1 Å². The first kappa shape index (κ1) is 16.9. The SMILES string of the molecule is CCN(CC)C(=O)c1cc(Nc2ccc(C)c(C)c2)nc(C)n1. The molecule has 0 aliphatic carbocycles. The zero-order chi connectivity index (χ0) is 17.0. The van der Waals surface area contributed by atoms with Gasteiger partial charge in [0, 0.05) is 24.8 Å². The lowest BCUT2D eigenvalue weighted by Crippen LogP contribution is -2.31. The Morgan fingerprint density at radius 1 is 1.04 bits per heavy atom. The number of amides is 1. The van der Waals surface area contributed by atoms with Gasteiger partial charge in [-0.25, -0.2) is 9.97 Å². The molecule has 0 bridgehead atoms. The quantitative estimate of drug-likeness (QED) is 0.916. The van der Waals surface area contributed by atoms with Gasteiger partial charge >= 0.3 is 0 Å². The third kappa shape index (κ3) is 4.06. The molecule has 23 heavy (non-hydrogen) atoms. The molecule has 1 N–H and O–H groups in total. The number of nitrogens with one attached hydrogen (secondary N) is 1.